The van der Waals surface area contributed by atoms with Gasteiger partial charge in [-0.2, -0.15) is 0 Å². The maximum Gasteiger partial charge on any atom is 0.227 e. The summed E-state index contributed by atoms with van der Waals surface area (Å²) < 4.78 is 12.7. The molecule has 0 aliphatic rings. The molecule has 0 unspecified atom stereocenters. The molecule has 9 aromatic carbocycles. The molecule has 0 spiro atoms. The van der Waals surface area contributed by atoms with Crippen LogP contribution in [0, 0.1) is 0 Å². The van der Waals surface area contributed by atoms with Crippen molar-refractivity contribution in [2.24, 2.45) is 0 Å². The van der Waals surface area contributed by atoms with Crippen LogP contribution >= 0.6 is 0 Å². The minimum atomic E-state index is 0.573. The number of furan rings is 1. The molecule has 0 saturated carbocycles. The maximum absolute atomic E-state index is 6.46. The molecule has 0 atom stereocenters. The van der Waals surface area contributed by atoms with E-state index in [1.165, 1.54) is 16.2 Å². The van der Waals surface area contributed by atoms with E-state index in [9.17, 15) is 0 Å². The van der Waals surface area contributed by atoms with Crippen LogP contribution in [0.15, 0.2) is 179 Å². The normalized spacial score (nSPS) is 11.9. The molecular weight excluding hydrogens is 689 g/mol. The topological polar surface area (TPSA) is 77.8 Å². The molecule has 0 aliphatic heterocycles. The Bertz CT molecular complexity index is 3550. The molecule has 3 aromatic heterocycles. The van der Waals surface area contributed by atoms with Crippen LogP contribution in [0.4, 0.5) is 0 Å². The molecule has 12 rings (SSSR count). The van der Waals surface area contributed by atoms with E-state index in [2.05, 4.69) is 121 Å². The van der Waals surface area contributed by atoms with Crippen molar-refractivity contribution >= 4 is 76.1 Å². The Kier molecular flexibility index (Phi) is 6.53. The number of benzene rings is 9. The number of hydrogen-bond donors (Lipinski definition) is 0. The van der Waals surface area contributed by atoms with Crippen LogP contribution in [-0.4, -0.2) is 19.9 Å². The number of hydrogen-bond acceptors (Lipinski definition) is 6. The summed E-state index contributed by atoms with van der Waals surface area (Å²) in [6.45, 7) is 0. The Hall–Kier alpha value is -7.70. The Balaban J connectivity index is 1.08. The van der Waals surface area contributed by atoms with Crippen molar-refractivity contribution in [1.82, 2.24) is 19.9 Å². The van der Waals surface area contributed by atoms with Gasteiger partial charge in [0.15, 0.2) is 23.1 Å². The maximum atomic E-state index is 6.46. The van der Waals surface area contributed by atoms with Crippen molar-refractivity contribution in [2.45, 2.75) is 0 Å². The van der Waals surface area contributed by atoms with Crippen molar-refractivity contribution in [3.63, 3.8) is 0 Å². The van der Waals surface area contributed by atoms with Crippen molar-refractivity contribution < 1.29 is 8.83 Å². The van der Waals surface area contributed by atoms with E-state index in [1.807, 2.05) is 48.5 Å². The molecule has 12 aromatic rings. The summed E-state index contributed by atoms with van der Waals surface area (Å²) in [5.74, 6) is 2.38. The highest BCUT2D eigenvalue weighted by atomic mass is 16.4. The molecule has 0 bridgehead atoms. The third-order valence-electron chi connectivity index (χ3n) is 10.9. The van der Waals surface area contributed by atoms with Gasteiger partial charge < -0.3 is 8.83 Å². The SMILES string of the molecule is c1ccc(-c2nc3c(ccc4oc5ccc6ccc(-c7nc(-c8ccc9ccccc9c8)nc(-c8ccc9c(ccc%10ccccc%109)c8)n7)cc6c5c43)o2)cc1. The number of oxazole rings is 1. The summed E-state index contributed by atoms with van der Waals surface area (Å²) in [6.07, 6.45) is 0. The average Bonchev–Trinajstić information content (AvgIpc) is 3.88. The van der Waals surface area contributed by atoms with Gasteiger partial charge in [-0.05, 0) is 91.6 Å². The number of aromatic nitrogens is 4. The summed E-state index contributed by atoms with van der Waals surface area (Å²) >= 11 is 0. The zero-order chi connectivity index (χ0) is 36.7. The van der Waals surface area contributed by atoms with E-state index in [4.69, 9.17) is 28.8 Å². The van der Waals surface area contributed by atoms with Gasteiger partial charge in [-0.25, -0.2) is 19.9 Å². The highest BCUT2D eigenvalue weighted by molar-refractivity contribution is 6.25. The molecule has 0 amide bonds. The van der Waals surface area contributed by atoms with Crippen LogP contribution < -0.4 is 0 Å². The van der Waals surface area contributed by atoms with Crippen molar-refractivity contribution in [3.05, 3.63) is 170 Å². The first-order chi connectivity index (χ1) is 27.7. The molecule has 0 radical (unpaired) electrons. The number of rotatable bonds is 4. The summed E-state index contributed by atoms with van der Waals surface area (Å²) in [5.41, 5.74) is 6.64. The van der Waals surface area contributed by atoms with Gasteiger partial charge in [0, 0.05) is 27.6 Å². The Labute approximate surface area is 319 Å². The fourth-order valence-corrected chi connectivity index (χ4v) is 8.15. The molecule has 260 valence electrons. The standard InChI is InChI=1S/C50H28N4O2/c1-2-10-32(11-3-1)50-51-46-43(56-50)25-24-42-45(46)44-40-28-37(19-16-31(40)21-23-41(44)55-42)49-53-47(35-18-14-29-8-4-5-12-33(29)26-35)52-48(54-49)36-20-22-39-34(27-36)17-15-30-9-6-7-13-38(30)39/h1-28H. The number of fused-ring (bicyclic) bond motifs is 11. The highest BCUT2D eigenvalue weighted by Gasteiger charge is 2.20. The van der Waals surface area contributed by atoms with Crippen LogP contribution in [0.3, 0.4) is 0 Å². The van der Waals surface area contributed by atoms with Gasteiger partial charge >= 0.3 is 0 Å². The van der Waals surface area contributed by atoms with Gasteiger partial charge in [-0.3, -0.25) is 0 Å². The molecule has 6 heteroatoms. The zero-order valence-electron chi connectivity index (χ0n) is 29.8. The lowest BCUT2D eigenvalue weighted by Gasteiger charge is -2.11. The Morgan fingerprint density at radius 3 is 1.66 bits per heavy atom. The van der Waals surface area contributed by atoms with Gasteiger partial charge in [0.25, 0.3) is 0 Å². The second-order valence-corrected chi connectivity index (χ2v) is 14.2. The lowest BCUT2D eigenvalue weighted by Crippen LogP contribution is -2.00. The first-order valence-electron chi connectivity index (χ1n) is 18.6. The van der Waals surface area contributed by atoms with Crippen LogP contribution in [0.5, 0.6) is 0 Å². The molecule has 0 fully saturated rings. The van der Waals surface area contributed by atoms with Crippen LogP contribution in [-0.2, 0) is 0 Å². The Morgan fingerprint density at radius 1 is 0.304 bits per heavy atom. The summed E-state index contributed by atoms with van der Waals surface area (Å²) in [7, 11) is 0. The minimum Gasteiger partial charge on any atom is -0.456 e. The summed E-state index contributed by atoms with van der Waals surface area (Å²) in [5, 5.41) is 11.0. The lowest BCUT2D eigenvalue weighted by atomic mass is 9.99. The first-order valence-corrected chi connectivity index (χ1v) is 18.6. The minimum absolute atomic E-state index is 0.573. The van der Waals surface area contributed by atoms with E-state index in [1.54, 1.807) is 0 Å². The fourth-order valence-electron chi connectivity index (χ4n) is 8.15. The van der Waals surface area contributed by atoms with Crippen molar-refractivity contribution in [2.75, 3.05) is 0 Å². The molecule has 56 heavy (non-hydrogen) atoms. The predicted octanol–water partition coefficient (Wildman–Crippen LogP) is 13.2. The smallest absolute Gasteiger partial charge is 0.227 e. The van der Waals surface area contributed by atoms with Gasteiger partial charge in [-0.15, -0.1) is 0 Å². The second-order valence-electron chi connectivity index (χ2n) is 14.2. The second kappa shape index (κ2) is 11.9. The molecule has 0 aliphatic carbocycles. The Morgan fingerprint density at radius 2 is 0.839 bits per heavy atom. The molecule has 3 heterocycles. The molecule has 0 N–H and O–H groups in total. The first kappa shape index (κ1) is 30.7. The summed E-state index contributed by atoms with van der Waals surface area (Å²) in [6, 6.07) is 58.4. The molecule has 0 saturated heterocycles. The summed E-state index contributed by atoms with van der Waals surface area (Å²) in [4.78, 5) is 20.5. The molecule has 6 nitrogen and oxygen atoms in total. The van der Waals surface area contributed by atoms with E-state index < -0.39 is 0 Å². The fraction of sp³-hybridized carbons (Fsp3) is 0. The van der Waals surface area contributed by atoms with Gasteiger partial charge in [-0.1, -0.05) is 121 Å². The third kappa shape index (κ3) is 4.83. The monoisotopic (exact) mass is 716 g/mol. The van der Waals surface area contributed by atoms with Crippen molar-refractivity contribution in [3.8, 4) is 45.6 Å². The van der Waals surface area contributed by atoms with Crippen molar-refractivity contribution in [1.29, 1.82) is 0 Å². The lowest BCUT2D eigenvalue weighted by molar-refractivity contribution is 0.619. The van der Waals surface area contributed by atoms with Crippen LogP contribution in [0.1, 0.15) is 0 Å². The van der Waals surface area contributed by atoms with Crippen LogP contribution in [0.25, 0.3) is 122 Å². The van der Waals surface area contributed by atoms with E-state index in [0.29, 0.717) is 28.9 Å². The molecular formula is C50H28N4O2. The largest absolute Gasteiger partial charge is 0.456 e. The van der Waals surface area contributed by atoms with E-state index >= 15 is 0 Å². The quantitative estimate of drug-likeness (QED) is 0.169. The van der Waals surface area contributed by atoms with Crippen LogP contribution in [0.2, 0.25) is 0 Å². The van der Waals surface area contributed by atoms with Gasteiger partial charge in [0.1, 0.15) is 16.7 Å². The zero-order valence-corrected chi connectivity index (χ0v) is 29.8. The number of nitrogens with zero attached hydrogens (tertiary/aromatic N) is 4. The van der Waals surface area contributed by atoms with E-state index in [-0.39, 0.29) is 0 Å². The average molecular weight is 717 g/mol. The van der Waals surface area contributed by atoms with Gasteiger partial charge in [0.05, 0.1) is 5.39 Å². The predicted molar refractivity (Wildman–Crippen MR) is 226 cm³/mol. The third-order valence-corrected chi connectivity index (χ3v) is 10.9. The van der Waals surface area contributed by atoms with E-state index in [0.717, 1.165) is 76.6 Å². The van der Waals surface area contributed by atoms with Gasteiger partial charge in [0.2, 0.25) is 5.89 Å². The highest BCUT2D eigenvalue weighted by Crippen LogP contribution is 2.41.